The van der Waals surface area contributed by atoms with E-state index in [1.165, 1.54) is 6.20 Å². The predicted octanol–water partition coefficient (Wildman–Crippen LogP) is 4.01. The summed E-state index contributed by atoms with van der Waals surface area (Å²) in [6.45, 7) is 0.136. The van der Waals surface area contributed by atoms with Gasteiger partial charge in [-0.15, -0.1) is 0 Å². The van der Waals surface area contributed by atoms with Crippen molar-refractivity contribution in [1.29, 1.82) is 0 Å². The fourth-order valence-electron chi connectivity index (χ4n) is 6.05. The zero-order chi connectivity index (χ0) is 28.2. The Bertz CT molecular complexity index is 1570. The second-order valence-corrected chi connectivity index (χ2v) is 10.5. The van der Waals surface area contributed by atoms with Crippen LogP contribution in [0.25, 0.3) is 0 Å². The first-order valence-corrected chi connectivity index (χ1v) is 12.8. The van der Waals surface area contributed by atoms with Crippen LogP contribution in [0.15, 0.2) is 65.9 Å². The third-order valence-corrected chi connectivity index (χ3v) is 8.07. The SMILES string of the molecule is C[C@@H]1[C@H](c2ccccc2)CC(=NC(=O)c2cnc3c(c2)C[C@@]2(C3)C(=O)Nc3ncccc32)C(=O)N1CC(F)(F)F. The van der Waals surface area contributed by atoms with Gasteiger partial charge >= 0.3 is 6.18 Å². The van der Waals surface area contributed by atoms with Crippen molar-refractivity contribution < 1.29 is 27.6 Å². The zero-order valence-corrected chi connectivity index (χ0v) is 21.4. The van der Waals surface area contributed by atoms with Crippen LogP contribution in [0.4, 0.5) is 19.0 Å². The van der Waals surface area contributed by atoms with Gasteiger partial charge in [-0.1, -0.05) is 36.4 Å². The summed E-state index contributed by atoms with van der Waals surface area (Å²) in [6.07, 6.45) is -1.01. The maximum absolute atomic E-state index is 13.4. The molecule has 1 saturated heterocycles. The third kappa shape index (κ3) is 4.35. The van der Waals surface area contributed by atoms with Gasteiger partial charge in [0.05, 0.1) is 11.0 Å². The number of aliphatic imine (C=N–C) groups is 1. The highest BCUT2D eigenvalue weighted by Gasteiger charge is 2.52. The largest absolute Gasteiger partial charge is 0.406 e. The van der Waals surface area contributed by atoms with Gasteiger partial charge in [0, 0.05) is 48.5 Å². The molecule has 3 aliphatic rings. The van der Waals surface area contributed by atoms with E-state index in [-0.39, 0.29) is 23.6 Å². The highest BCUT2D eigenvalue weighted by Crippen LogP contribution is 2.46. The number of piperidine rings is 1. The molecule has 4 heterocycles. The number of alkyl halides is 3. The van der Waals surface area contributed by atoms with Gasteiger partial charge in [0.1, 0.15) is 18.1 Å². The van der Waals surface area contributed by atoms with Gasteiger partial charge in [0.25, 0.3) is 11.8 Å². The number of nitrogens with one attached hydrogen (secondary N) is 1. The predicted molar refractivity (Wildman–Crippen MR) is 139 cm³/mol. The summed E-state index contributed by atoms with van der Waals surface area (Å²) in [4.78, 5) is 52.8. The average Bonchev–Trinajstić information content (AvgIpc) is 3.44. The Morgan fingerprint density at radius 2 is 1.90 bits per heavy atom. The Balaban J connectivity index is 1.30. The van der Waals surface area contributed by atoms with E-state index in [1.54, 1.807) is 55.6 Å². The highest BCUT2D eigenvalue weighted by molar-refractivity contribution is 6.41. The number of carbonyl (C=O) groups excluding carboxylic acids is 3. The Morgan fingerprint density at radius 3 is 2.65 bits per heavy atom. The molecule has 1 aliphatic carbocycles. The van der Waals surface area contributed by atoms with Crippen LogP contribution in [0.3, 0.4) is 0 Å². The smallest absolute Gasteiger partial charge is 0.325 e. The first kappa shape index (κ1) is 25.8. The first-order valence-electron chi connectivity index (χ1n) is 12.8. The summed E-state index contributed by atoms with van der Waals surface area (Å²) in [6, 6.07) is 13.4. The van der Waals surface area contributed by atoms with E-state index in [9.17, 15) is 27.6 Å². The van der Waals surface area contributed by atoms with Crippen LogP contribution in [-0.4, -0.2) is 57.1 Å². The number of amides is 3. The highest BCUT2D eigenvalue weighted by atomic mass is 19.4. The molecule has 2 aliphatic heterocycles. The number of hydrogen-bond acceptors (Lipinski definition) is 5. The standard InChI is InChI=1S/C29H24F3N5O3/c1-16-20(17-6-3-2-4-7-17)11-22(26(39)37(16)15-29(30,31)32)35-25(38)19-10-18-12-28(13-23(18)34-14-19)21-8-5-9-33-24(21)36-27(28)40/h2-10,14,16,20H,11-13,15H2,1H3,(H,33,36,40)/t16-,20-,28+/m1/s1. The fourth-order valence-corrected chi connectivity index (χ4v) is 6.05. The first-order chi connectivity index (χ1) is 19.1. The van der Waals surface area contributed by atoms with Crippen molar-refractivity contribution in [3.8, 4) is 0 Å². The maximum atomic E-state index is 13.4. The van der Waals surface area contributed by atoms with Crippen molar-refractivity contribution in [2.75, 3.05) is 11.9 Å². The van der Waals surface area contributed by atoms with Gasteiger partial charge in [-0.05, 0) is 36.6 Å². The van der Waals surface area contributed by atoms with Gasteiger partial charge < -0.3 is 10.2 Å². The molecule has 40 heavy (non-hydrogen) atoms. The van der Waals surface area contributed by atoms with Gasteiger partial charge in [0.2, 0.25) is 5.91 Å². The lowest BCUT2D eigenvalue weighted by Crippen LogP contribution is -2.54. The summed E-state index contributed by atoms with van der Waals surface area (Å²) < 4.78 is 40.2. The summed E-state index contributed by atoms with van der Waals surface area (Å²) in [5.41, 5.74) is 1.88. The molecule has 11 heteroatoms. The minimum absolute atomic E-state index is 0.0234. The van der Waals surface area contributed by atoms with E-state index in [2.05, 4.69) is 20.3 Å². The number of benzene rings is 1. The molecular weight excluding hydrogens is 523 g/mol. The molecule has 8 nitrogen and oxygen atoms in total. The maximum Gasteiger partial charge on any atom is 0.406 e. The van der Waals surface area contributed by atoms with E-state index in [0.29, 0.717) is 29.9 Å². The molecule has 0 bridgehead atoms. The lowest BCUT2D eigenvalue weighted by atomic mass is 9.80. The molecule has 2 aromatic heterocycles. The number of rotatable bonds is 3. The quantitative estimate of drug-likeness (QED) is 0.534. The number of aromatic nitrogens is 2. The van der Waals surface area contributed by atoms with E-state index >= 15 is 0 Å². The molecule has 1 spiro atoms. The Kier molecular flexibility index (Phi) is 6.04. The number of fused-ring (bicyclic) bond motifs is 3. The minimum atomic E-state index is -4.61. The number of anilines is 1. The molecule has 3 aromatic rings. The number of nitrogens with zero attached hydrogens (tertiary/aromatic N) is 4. The molecule has 6 rings (SSSR count). The number of carbonyl (C=O) groups is 3. The van der Waals surface area contributed by atoms with Gasteiger partial charge in [-0.3, -0.25) is 19.4 Å². The molecule has 1 fully saturated rings. The Morgan fingerprint density at radius 1 is 1.12 bits per heavy atom. The van der Waals surface area contributed by atoms with Crippen LogP contribution in [0.2, 0.25) is 0 Å². The van der Waals surface area contributed by atoms with Crippen molar-refractivity contribution in [1.82, 2.24) is 14.9 Å². The van der Waals surface area contributed by atoms with Crippen LogP contribution in [-0.2, 0) is 27.8 Å². The fraction of sp³-hybridized carbons (Fsp3) is 0.310. The number of hydrogen-bond donors (Lipinski definition) is 1. The van der Waals surface area contributed by atoms with Crippen LogP contribution in [0, 0.1) is 0 Å². The van der Waals surface area contributed by atoms with Crippen molar-refractivity contribution in [2.45, 2.75) is 49.7 Å². The summed E-state index contributed by atoms with van der Waals surface area (Å²) in [5.74, 6) is -1.84. The number of pyridine rings is 2. The van der Waals surface area contributed by atoms with Gasteiger partial charge in [0.15, 0.2) is 0 Å². The van der Waals surface area contributed by atoms with Crippen LogP contribution >= 0.6 is 0 Å². The van der Waals surface area contributed by atoms with E-state index in [4.69, 9.17) is 0 Å². The molecule has 0 saturated carbocycles. The summed E-state index contributed by atoms with van der Waals surface area (Å²) >= 11 is 0. The van der Waals surface area contributed by atoms with Crippen molar-refractivity contribution in [2.24, 2.45) is 4.99 Å². The molecule has 1 aromatic carbocycles. The normalized spacial score (nSPS) is 24.8. The van der Waals surface area contributed by atoms with E-state index < -0.39 is 41.9 Å². The van der Waals surface area contributed by atoms with E-state index in [0.717, 1.165) is 16.0 Å². The van der Waals surface area contributed by atoms with Crippen molar-refractivity contribution in [3.63, 3.8) is 0 Å². The second-order valence-electron chi connectivity index (χ2n) is 10.5. The zero-order valence-electron chi connectivity index (χ0n) is 21.4. The molecular formula is C29H24F3N5O3. The Labute approximate surface area is 227 Å². The molecule has 3 atom stereocenters. The van der Waals surface area contributed by atoms with Crippen molar-refractivity contribution in [3.05, 3.63) is 88.9 Å². The summed E-state index contributed by atoms with van der Waals surface area (Å²) in [7, 11) is 0. The lowest BCUT2D eigenvalue weighted by Gasteiger charge is -2.40. The molecule has 204 valence electrons. The molecule has 0 radical (unpaired) electrons. The van der Waals surface area contributed by atoms with Crippen LogP contribution in [0.5, 0.6) is 0 Å². The molecule has 0 unspecified atom stereocenters. The monoisotopic (exact) mass is 547 g/mol. The summed E-state index contributed by atoms with van der Waals surface area (Å²) in [5, 5.41) is 2.81. The van der Waals surface area contributed by atoms with Crippen molar-refractivity contribution >= 4 is 29.3 Å². The van der Waals surface area contributed by atoms with Gasteiger partial charge in [-0.2, -0.15) is 13.2 Å². The van der Waals surface area contributed by atoms with Crippen LogP contribution < -0.4 is 5.32 Å². The second kappa shape index (κ2) is 9.35. The third-order valence-electron chi connectivity index (χ3n) is 8.07. The van der Waals surface area contributed by atoms with E-state index in [1.807, 2.05) is 6.07 Å². The molecule has 3 amide bonds. The van der Waals surface area contributed by atoms with Crippen LogP contribution in [0.1, 0.15) is 52.0 Å². The lowest BCUT2D eigenvalue weighted by molar-refractivity contribution is -0.163. The number of likely N-dealkylation sites (tertiary alicyclic amines) is 1. The molecule has 1 N–H and O–H groups in total. The number of halogens is 3. The minimum Gasteiger partial charge on any atom is -0.325 e. The van der Waals surface area contributed by atoms with Gasteiger partial charge in [-0.25, -0.2) is 9.98 Å². The topological polar surface area (TPSA) is 105 Å². The Hall–Kier alpha value is -4.41. The average molecular weight is 548 g/mol.